The van der Waals surface area contributed by atoms with Crippen LogP contribution in [0.5, 0.6) is 5.75 Å². The second-order valence-electron chi connectivity index (χ2n) is 15.0. The summed E-state index contributed by atoms with van der Waals surface area (Å²) >= 11 is 0. The van der Waals surface area contributed by atoms with E-state index in [0.29, 0.717) is 23.8 Å². The Morgan fingerprint density at radius 2 is 1.74 bits per heavy atom. The van der Waals surface area contributed by atoms with Crippen molar-refractivity contribution in [3.8, 4) is 17.0 Å². The predicted molar refractivity (Wildman–Crippen MR) is 190 cm³/mol. The third-order valence-corrected chi connectivity index (χ3v) is 10.8. The number of anilines is 1. The van der Waals surface area contributed by atoms with E-state index in [4.69, 9.17) is 23.9 Å². The second kappa shape index (κ2) is 15.9. The monoisotopic (exact) mass is 687 g/mol. The lowest BCUT2D eigenvalue weighted by molar-refractivity contribution is -0.179. The lowest BCUT2D eigenvalue weighted by Gasteiger charge is -2.54. The van der Waals surface area contributed by atoms with E-state index >= 15 is 0 Å². The summed E-state index contributed by atoms with van der Waals surface area (Å²) in [6.07, 6.45) is 13.0. The van der Waals surface area contributed by atoms with E-state index in [9.17, 15) is 9.59 Å². The molecule has 1 spiro atoms. The van der Waals surface area contributed by atoms with E-state index in [1.807, 2.05) is 30.0 Å². The van der Waals surface area contributed by atoms with E-state index < -0.39 is 0 Å². The third-order valence-electron chi connectivity index (χ3n) is 10.8. The first-order valence-electron chi connectivity index (χ1n) is 18.3. The predicted octanol–water partition coefficient (Wildman–Crippen LogP) is 7.54. The van der Waals surface area contributed by atoms with Gasteiger partial charge < -0.3 is 23.5 Å². The lowest BCUT2D eigenvalue weighted by Crippen LogP contribution is -2.67. The lowest BCUT2D eigenvalue weighted by atomic mass is 9.78. The van der Waals surface area contributed by atoms with Crippen molar-refractivity contribution in [2.24, 2.45) is 17.3 Å². The Balaban J connectivity index is 0.000000331. The highest BCUT2D eigenvalue weighted by molar-refractivity contribution is 5.94. The summed E-state index contributed by atoms with van der Waals surface area (Å²) in [5.41, 5.74) is 4.12. The van der Waals surface area contributed by atoms with Crippen LogP contribution in [0.3, 0.4) is 0 Å². The van der Waals surface area contributed by atoms with Crippen LogP contribution in [0.15, 0.2) is 41.1 Å². The van der Waals surface area contributed by atoms with Gasteiger partial charge in [-0.3, -0.25) is 14.7 Å². The van der Waals surface area contributed by atoms with Gasteiger partial charge in [-0.15, -0.1) is 0 Å². The molecule has 3 aromatic heterocycles. The third kappa shape index (κ3) is 8.14. The molecule has 2 saturated heterocycles. The second-order valence-corrected chi connectivity index (χ2v) is 15.0. The van der Waals surface area contributed by atoms with Gasteiger partial charge in [-0.1, -0.05) is 33.1 Å². The summed E-state index contributed by atoms with van der Waals surface area (Å²) in [4.78, 5) is 42.7. The number of rotatable bonds is 8. The molecule has 0 unspecified atom stereocenters. The number of nitrogens with zero attached hydrogens (tertiary/aromatic N) is 5. The highest BCUT2D eigenvalue weighted by atomic mass is 16.5. The number of hydrogen-bond acceptors (Lipinski definition) is 9. The van der Waals surface area contributed by atoms with Crippen LogP contribution in [-0.4, -0.2) is 78.9 Å². The molecule has 0 bridgehead atoms. The minimum absolute atomic E-state index is 0.0895. The maximum atomic E-state index is 13.9. The van der Waals surface area contributed by atoms with Crippen molar-refractivity contribution in [3.63, 3.8) is 0 Å². The average molecular weight is 688 g/mol. The Labute approximate surface area is 296 Å². The normalized spacial score (nSPS) is 21.4. The van der Waals surface area contributed by atoms with Gasteiger partial charge in [-0.25, -0.2) is 14.8 Å². The molecule has 2 aliphatic carbocycles. The molecule has 4 aliphatic rings. The molecule has 3 aromatic rings. The zero-order valence-electron chi connectivity index (χ0n) is 30.4. The Bertz CT molecular complexity index is 1600. The van der Waals surface area contributed by atoms with Gasteiger partial charge in [0.25, 0.3) is 0 Å². The van der Waals surface area contributed by atoms with Crippen molar-refractivity contribution in [3.05, 3.63) is 54.0 Å². The molecule has 0 aromatic carbocycles. The topological polar surface area (TPSA) is 120 Å². The summed E-state index contributed by atoms with van der Waals surface area (Å²) in [5.74, 6) is 3.73. The number of hydrogen-bond donors (Lipinski definition) is 0. The highest BCUT2D eigenvalue weighted by Gasteiger charge is 2.51. The van der Waals surface area contributed by atoms with Crippen molar-refractivity contribution in [2.45, 2.75) is 90.4 Å². The van der Waals surface area contributed by atoms with Crippen LogP contribution in [0.2, 0.25) is 0 Å². The van der Waals surface area contributed by atoms with E-state index in [1.54, 1.807) is 24.5 Å². The smallest absolute Gasteiger partial charge is 0.409 e. The minimum atomic E-state index is -0.220. The van der Waals surface area contributed by atoms with Gasteiger partial charge in [0, 0.05) is 54.8 Å². The molecule has 2 amide bonds. The molecule has 2 aliphatic heterocycles. The number of oxazole rings is 1. The van der Waals surface area contributed by atoms with E-state index in [1.165, 1.54) is 13.5 Å². The quantitative estimate of drug-likeness (QED) is 0.236. The number of likely N-dealkylation sites (tertiary alicyclic amines) is 1. The van der Waals surface area contributed by atoms with Gasteiger partial charge in [0.05, 0.1) is 38.5 Å². The molecular formula is C39H53N5O6. The maximum Gasteiger partial charge on any atom is 0.409 e. The molecule has 5 heterocycles. The fraction of sp³-hybridized carbons (Fsp3) is 0.615. The van der Waals surface area contributed by atoms with Crippen molar-refractivity contribution < 1.29 is 28.2 Å². The first-order chi connectivity index (χ1) is 24.2. The number of ether oxygens (including phenoxy) is 3. The molecule has 0 atom stereocenters. The summed E-state index contributed by atoms with van der Waals surface area (Å²) in [6.45, 7) is 10.1. The van der Waals surface area contributed by atoms with Crippen molar-refractivity contribution in [2.75, 3.05) is 52.0 Å². The van der Waals surface area contributed by atoms with Crippen LogP contribution in [0.4, 0.5) is 10.6 Å². The van der Waals surface area contributed by atoms with Crippen LogP contribution >= 0.6 is 0 Å². The van der Waals surface area contributed by atoms with Crippen molar-refractivity contribution >= 4 is 17.8 Å². The Kier molecular flexibility index (Phi) is 11.4. The van der Waals surface area contributed by atoms with Gasteiger partial charge in [0.1, 0.15) is 23.5 Å². The van der Waals surface area contributed by atoms with E-state index in [2.05, 4.69) is 29.6 Å². The Hall–Kier alpha value is -3.99. The van der Waals surface area contributed by atoms with Crippen LogP contribution < -0.4 is 9.64 Å². The summed E-state index contributed by atoms with van der Waals surface area (Å²) in [5, 5.41) is 0. The van der Waals surface area contributed by atoms with Gasteiger partial charge in [0.2, 0.25) is 5.91 Å². The zero-order valence-corrected chi connectivity index (χ0v) is 30.4. The number of aryl methyl sites for hydroxylation is 1. The van der Waals surface area contributed by atoms with E-state index in [-0.39, 0.29) is 23.8 Å². The number of carbonyl (C=O) groups is 2. The summed E-state index contributed by atoms with van der Waals surface area (Å²) in [7, 11) is 3.10. The van der Waals surface area contributed by atoms with Gasteiger partial charge >= 0.3 is 6.09 Å². The Morgan fingerprint density at radius 1 is 1.00 bits per heavy atom. The fourth-order valence-corrected chi connectivity index (χ4v) is 7.78. The van der Waals surface area contributed by atoms with Gasteiger partial charge in [0.15, 0.2) is 5.89 Å². The SMILES string of the molecule is COC(=O)N1CC2(COC2)C1.COc1ccc(C2CCC(CN(C(=O)C3CCCCC3)c3cc(-c4coc(C(C)C)n4)ccn3)CC2)nc1C. The van der Waals surface area contributed by atoms with Crippen LogP contribution in [-0.2, 0) is 14.3 Å². The van der Waals surface area contributed by atoms with Crippen LogP contribution in [0.1, 0.15) is 101 Å². The first kappa shape index (κ1) is 35.8. The number of carbonyl (C=O) groups excluding carboxylic acids is 2. The zero-order chi connectivity index (χ0) is 35.3. The number of pyridine rings is 2. The Morgan fingerprint density at radius 3 is 2.34 bits per heavy atom. The van der Waals surface area contributed by atoms with Gasteiger partial charge in [-0.05, 0) is 75.6 Å². The van der Waals surface area contributed by atoms with Crippen molar-refractivity contribution in [1.82, 2.24) is 19.9 Å². The summed E-state index contributed by atoms with van der Waals surface area (Å²) < 4.78 is 20.7. The largest absolute Gasteiger partial charge is 0.495 e. The minimum Gasteiger partial charge on any atom is -0.495 e. The first-order valence-corrected chi connectivity index (χ1v) is 18.3. The highest BCUT2D eigenvalue weighted by Crippen LogP contribution is 2.39. The number of amides is 2. The molecule has 0 N–H and O–H groups in total. The fourth-order valence-electron chi connectivity index (χ4n) is 7.78. The van der Waals surface area contributed by atoms with Gasteiger partial charge in [-0.2, -0.15) is 0 Å². The molecular weight excluding hydrogens is 634 g/mol. The molecule has 0 radical (unpaired) electrons. The molecule has 2 saturated carbocycles. The molecule has 11 nitrogen and oxygen atoms in total. The summed E-state index contributed by atoms with van der Waals surface area (Å²) in [6, 6.07) is 8.11. The number of methoxy groups -OCH3 is 2. The molecule has 7 rings (SSSR count). The molecule has 11 heteroatoms. The molecule has 270 valence electrons. The maximum absolute atomic E-state index is 13.9. The number of aromatic nitrogens is 3. The average Bonchev–Trinajstić information content (AvgIpc) is 3.61. The standard InChI is InChI=1S/C32H42N4O3.C7H11NO3/c1-21(2)31-35-28(20-39-31)26-16-17-33-30(18-26)36(32(37)25-8-6-5-7-9-25)19-23-10-12-24(13-11-23)27-14-15-29(38-4)22(3)34-27;1-10-6(9)8-2-7(3-8)4-11-5-7/h14-18,20-21,23-25H,5-13,19H2,1-4H3;2-5H2,1H3. The molecule has 50 heavy (non-hydrogen) atoms. The van der Waals surface area contributed by atoms with E-state index in [0.717, 1.165) is 118 Å². The van der Waals surface area contributed by atoms with Crippen molar-refractivity contribution in [1.29, 1.82) is 0 Å². The molecule has 4 fully saturated rings. The van der Waals surface area contributed by atoms with Crippen LogP contribution in [0.25, 0.3) is 11.3 Å². The van der Waals surface area contributed by atoms with Crippen LogP contribution in [0, 0.1) is 24.2 Å².